The van der Waals surface area contributed by atoms with Crippen LogP contribution in [0.15, 0.2) is 48.6 Å². The van der Waals surface area contributed by atoms with Crippen molar-refractivity contribution < 1.29 is 21.6 Å². The van der Waals surface area contributed by atoms with E-state index in [1.165, 1.54) is 167 Å². The summed E-state index contributed by atoms with van der Waals surface area (Å²) in [7, 11) is 6.85. The molecule has 0 amide bonds. The van der Waals surface area contributed by atoms with Crippen molar-refractivity contribution in [3.8, 4) is 0 Å². The third-order valence-corrected chi connectivity index (χ3v) is 8.78. The number of nitrogens with zero attached hydrogens (tertiary/aromatic N) is 1. The fraction of sp³-hybridized carbons (Fsp3) is 0.814. The molecule has 0 saturated heterocycles. The van der Waals surface area contributed by atoms with Gasteiger partial charge in [0, 0.05) is 6.42 Å². The number of unbranched alkanes of at least 4 members (excludes halogenated alkanes) is 18. The van der Waals surface area contributed by atoms with E-state index in [4.69, 9.17) is 4.74 Å². The molecule has 0 fully saturated rings. The summed E-state index contributed by atoms with van der Waals surface area (Å²) in [5.74, 6) is 0. The molecule has 0 aromatic carbocycles. The molecule has 0 atom stereocenters. The number of ether oxygens (including phenoxy) is 1. The van der Waals surface area contributed by atoms with Crippen LogP contribution in [0.4, 0.5) is 0 Å². The number of hydrogen-bond acceptors (Lipinski definition) is 1. The molecule has 0 heterocycles. The highest BCUT2D eigenvalue weighted by Crippen LogP contribution is 2.18. The number of hydrogen-bond donors (Lipinski definition) is 0. The highest BCUT2D eigenvalue weighted by molar-refractivity contribution is 4.93. The molecule has 3 heteroatoms. The molecule has 0 unspecified atom stereocenters. The van der Waals surface area contributed by atoms with E-state index in [0.717, 1.165) is 23.9 Å². The number of quaternary nitrogens is 1. The van der Waals surface area contributed by atoms with Gasteiger partial charge in [-0.1, -0.05) is 152 Å². The molecule has 0 spiro atoms. The summed E-state index contributed by atoms with van der Waals surface area (Å²) in [6, 6.07) is 0. The van der Waals surface area contributed by atoms with Gasteiger partial charge in [0.1, 0.15) is 0 Å². The van der Waals surface area contributed by atoms with Crippen LogP contribution >= 0.6 is 0 Å². The van der Waals surface area contributed by atoms with Crippen molar-refractivity contribution in [2.24, 2.45) is 0 Å². The first-order chi connectivity index (χ1) is 22.0. The smallest absolute Gasteiger partial charge is 0.0802 e. The van der Waals surface area contributed by atoms with Gasteiger partial charge in [0.25, 0.3) is 0 Å². The highest BCUT2D eigenvalue weighted by atomic mass is 35.5. The predicted molar refractivity (Wildman–Crippen MR) is 205 cm³/mol. The van der Waals surface area contributed by atoms with E-state index in [0.29, 0.717) is 6.10 Å². The third-order valence-electron chi connectivity index (χ3n) is 8.78. The highest BCUT2D eigenvalue weighted by Gasteiger charge is 2.11. The molecule has 46 heavy (non-hydrogen) atoms. The second-order valence-electron chi connectivity index (χ2n) is 14.6. The molecule has 0 saturated carbocycles. The number of allylic oxidation sites excluding steroid dienone is 8. The van der Waals surface area contributed by atoms with E-state index in [2.05, 4.69) is 83.6 Å². The van der Waals surface area contributed by atoms with E-state index in [9.17, 15) is 0 Å². The lowest BCUT2D eigenvalue weighted by molar-refractivity contribution is -0.870. The number of rotatable bonds is 35. The Morgan fingerprint density at radius 2 is 0.783 bits per heavy atom. The maximum Gasteiger partial charge on any atom is 0.0802 e. The van der Waals surface area contributed by atoms with Crippen LogP contribution in [0.1, 0.15) is 187 Å². The first kappa shape index (κ1) is 47.3. The van der Waals surface area contributed by atoms with Crippen molar-refractivity contribution in [2.45, 2.75) is 193 Å². The molecule has 0 N–H and O–H groups in total. The monoisotopic (exact) mass is 664 g/mol. The first-order valence-corrected chi connectivity index (χ1v) is 20.0. The van der Waals surface area contributed by atoms with Crippen molar-refractivity contribution in [3.63, 3.8) is 0 Å². The van der Waals surface area contributed by atoms with Gasteiger partial charge in [0.05, 0.1) is 40.4 Å². The molecule has 0 aliphatic rings. The van der Waals surface area contributed by atoms with E-state index in [1.54, 1.807) is 0 Å². The van der Waals surface area contributed by atoms with Gasteiger partial charge in [-0.25, -0.2) is 0 Å². The molecule has 272 valence electrons. The van der Waals surface area contributed by atoms with Crippen LogP contribution in [0.5, 0.6) is 0 Å². The van der Waals surface area contributed by atoms with Crippen LogP contribution in [0.2, 0.25) is 0 Å². The second kappa shape index (κ2) is 38.6. The summed E-state index contributed by atoms with van der Waals surface area (Å²) in [5, 5.41) is 0. The lowest BCUT2D eigenvalue weighted by Crippen LogP contribution is -3.00. The first-order valence-electron chi connectivity index (χ1n) is 20.0. The fourth-order valence-corrected chi connectivity index (χ4v) is 5.82. The molecular weight excluding hydrogens is 582 g/mol. The maximum atomic E-state index is 6.45. The van der Waals surface area contributed by atoms with Crippen LogP contribution in [-0.2, 0) is 4.74 Å². The molecule has 2 nitrogen and oxygen atoms in total. The normalized spacial score (nSPS) is 13.2. The summed E-state index contributed by atoms with van der Waals surface area (Å²) < 4.78 is 7.48. The zero-order valence-corrected chi connectivity index (χ0v) is 32.7. The van der Waals surface area contributed by atoms with Gasteiger partial charge in [0.15, 0.2) is 0 Å². The molecule has 0 bridgehead atoms. The largest absolute Gasteiger partial charge is 1.00 e. The molecule has 0 aliphatic heterocycles. The van der Waals surface area contributed by atoms with Gasteiger partial charge in [-0.15, -0.1) is 0 Å². The SMILES string of the molecule is CCCCCC=CCC=CCCCCCCCCC(CCCCCCCCC=CCC=CCCCCC)OCCC[N+](C)(C)C.[Cl-]. The van der Waals surface area contributed by atoms with Crippen LogP contribution in [0.3, 0.4) is 0 Å². The van der Waals surface area contributed by atoms with Crippen molar-refractivity contribution >= 4 is 0 Å². The van der Waals surface area contributed by atoms with E-state index >= 15 is 0 Å². The lowest BCUT2D eigenvalue weighted by atomic mass is 10.0. The lowest BCUT2D eigenvalue weighted by Gasteiger charge is -2.24. The van der Waals surface area contributed by atoms with Gasteiger partial charge in [0.2, 0.25) is 0 Å². The van der Waals surface area contributed by atoms with Crippen molar-refractivity contribution in [1.82, 2.24) is 0 Å². The average molecular weight is 665 g/mol. The Bertz CT molecular complexity index is 641. The summed E-state index contributed by atoms with van der Waals surface area (Å²) in [6.45, 7) is 6.68. The number of halogens is 1. The van der Waals surface area contributed by atoms with Crippen molar-refractivity contribution in [1.29, 1.82) is 0 Å². The summed E-state index contributed by atoms with van der Waals surface area (Å²) in [5.41, 5.74) is 0. The third kappa shape index (κ3) is 41.2. The summed E-state index contributed by atoms with van der Waals surface area (Å²) in [6.07, 6.45) is 54.8. The van der Waals surface area contributed by atoms with Crippen LogP contribution in [0.25, 0.3) is 0 Å². The fourth-order valence-electron chi connectivity index (χ4n) is 5.82. The molecular formula is C43H82ClNO. The van der Waals surface area contributed by atoms with Crippen LogP contribution in [-0.4, -0.2) is 44.9 Å². The van der Waals surface area contributed by atoms with Crippen LogP contribution < -0.4 is 12.4 Å². The molecule has 0 aliphatic carbocycles. The van der Waals surface area contributed by atoms with Gasteiger partial charge in [-0.3, -0.25) is 0 Å². The zero-order chi connectivity index (χ0) is 32.9. The van der Waals surface area contributed by atoms with E-state index in [1.807, 2.05) is 0 Å². The van der Waals surface area contributed by atoms with Gasteiger partial charge >= 0.3 is 0 Å². The minimum absolute atomic E-state index is 0. The minimum atomic E-state index is 0. The average Bonchev–Trinajstić information content (AvgIpc) is 3.01. The Morgan fingerprint density at radius 1 is 0.435 bits per heavy atom. The van der Waals surface area contributed by atoms with Crippen molar-refractivity contribution in [2.75, 3.05) is 34.3 Å². The standard InChI is InChI=1S/C43H82NO.ClH/c1-6-8-10-12-14-16-18-20-22-24-26-28-30-32-34-36-39-43(45-42-38-41-44(3,4)5)40-37-35-33-31-29-27-25-23-21-19-17-15-13-11-9-7-2;/h14-17,20-23,43H,6-13,18-19,24-42H2,1-5H3;1H/q+1;/p-1. The van der Waals surface area contributed by atoms with E-state index in [-0.39, 0.29) is 12.4 Å². The topological polar surface area (TPSA) is 9.23 Å². The Morgan fingerprint density at radius 3 is 1.15 bits per heavy atom. The minimum Gasteiger partial charge on any atom is -1.00 e. The maximum absolute atomic E-state index is 6.45. The van der Waals surface area contributed by atoms with Crippen LogP contribution in [0, 0.1) is 0 Å². The van der Waals surface area contributed by atoms with Gasteiger partial charge in [-0.05, 0) is 77.0 Å². The Balaban J connectivity index is 0. The quantitative estimate of drug-likeness (QED) is 0.0372. The zero-order valence-electron chi connectivity index (χ0n) is 31.9. The predicted octanol–water partition coefficient (Wildman–Crippen LogP) is 10.9. The molecule has 0 radical (unpaired) electrons. The van der Waals surface area contributed by atoms with Gasteiger partial charge < -0.3 is 21.6 Å². The Hall–Kier alpha value is -0.830. The molecule has 0 rings (SSSR count). The van der Waals surface area contributed by atoms with Gasteiger partial charge in [-0.2, -0.15) is 0 Å². The van der Waals surface area contributed by atoms with Crippen molar-refractivity contribution in [3.05, 3.63) is 48.6 Å². The van der Waals surface area contributed by atoms with E-state index < -0.39 is 0 Å². The summed E-state index contributed by atoms with van der Waals surface area (Å²) in [4.78, 5) is 0. The Labute approximate surface area is 297 Å². The Kier molecular flexibility index (Phi) is 39.7. The molecule has 0 aromatic rings. The molecule has 0 aromatic heterocycles. The second-order valence-corrected chi connectivity index (χ2v) is 14.6. The summed E-state index contributed by atoms with van der Waals surface area (Å²) >= 11 is 0.